The van der Waals surface area contributed by atoms with E-state index in [9.17, 15) is 0 Å². The van der Waals surface area contributed by atoms with Crippen molar-refractivity contribution in [1.82, 2.24) is 14.5 Å². The molecule has 9 rings (SSSR count). The van der Waals surface area contributed by atoms with Crippen molar-refractivity contribution in [2.75, 3.05) is 0 Å². The summed E-state index contributed by atoms with van der Waals surface area (Å²) in [5.41, 5.74) is 10.9. The zero-order valence-electron chi connectivity index (χ0n) is 25.1. The number of benzene rings is 6. The SMILES string of the molecule is c1ccc(-c2cc(-n3c4c(c5ccccc53)-c3ccccc3C4(c3ccccc3)c3ccccc3)nc(-c3ccccc3)n2)cc1. The first-order valence-corrected chi connectivity index (χ1v) is 15.7. The first-order chi connectivity index (χ1) is 22.8. The second kappa shape index (κ2) is 10.5. The average molecular weight is 588 g/mol. The second-order valence-corrected chi connectivity index (χ2v) is 11.8. The van der Waals surface area contributed by atoms with Crippen molar-refractivity contribution < 1.29 is 0 Å². The fraction of sp³-hybridized carbons (Fsp3) is 0.0233. The zero-order valence-corrected chi connectivity index (χ0v) is 25.1. The molecular weight excluding hydrogens is 558 g/mol. The summed E-state index contributed by atoms with van der Waals surface area (Å²) in [6, 6.07) is 62.4. The summed E-state index contributed by atoms with van der Waals surface area (Å²) in [7, 11) is 0. The topological polar surface area (TPSA) is 30.7 Å². The number of nitrogens with zero attached hydrogens (tertiary/aromatic N) is 3. The van der Waals surface area contributed by atoms with Crippen LogP contribution in [0.2, 0.25) is 0 Å². The minimum absolute atomic E-state index is 0.585. The van der Waals surface area contributed by atoms with Crippen molar-refractivity contribution in [2.24, 2.45) is 0 Å². The van der Waals surface area contributed by atoms with Crippen molar-refractivity contribution in [2.45, 2.75) is 5.41 Å². The Morgan fingerprint density at radius 1 is 0.478 bits per heavy atom. The van der Waals surface area contributed by atoms with Crippen molar-refractivity contribution >= 4 is 10.9 Å². The largest absolute Gasteiger partial charge is 0.296 e. The van der Waals surface area contributed by atoms with Gasteiger partial charge in [-0.25, -0.2) is 9.97 Å². The average Bonchev–Trinajstić information content (AvgIpc) is 3.64. The highest BCUT2D eigenvalue weighted by Gasteiger charge is 2.50. The molecule has 6 aromatic carbocycles. The maximum Gasteiger partial charge on any atom is 0.162 e. The summed E-state index contributed by atoms with van der Waals surface area (Å²) in [5, 5.41) is 1.21. The maximum absolute atomic E-state index is 5.37. The lowest BCUT2D eigenvalue weighted by Gasteiger charge is -2.34. The molecule has 0 radical (unpaired) electrons. The standard InChI is InChI=1S/C43H29N3/c1-5-17-30(18-6-1)37-29-39(45-42(44-37)31-19-7-2-8-20-31)46-38-28-16-14-26-35(38)40-34-25-13-15-27-36(34)43(41(40)46,32-21-9-3-10-22-32)33-23-11-4-12-24-33/h1-29H. The van der Waals surface area contributed by atoms with E-state index < -0.39 is 5.41 Å². The van der Waals surface area contributed by atoms with Gasteiger partial charge in [-0.1, -0.05) is 164 Å². The predicted molar refractivity (Wildman–Crippen MR) is 187 cm³/mol. The molecule has 3 heteroatoms. The number of hydrogen-bond donors (Lipinski definition) is 0. The minimum atomic E-state index is -0.585. The van der Waals surface area contributed by atoms with Gasteiger partial charge in [-0.2, -0.15) is 0 Å². The molecule has 1 aliphatic carbocycles. The number of aromatic nitrogens is 3. The summed E-state index contributed by atoms with van der Waals surface area (Å²) >= 11 is 0. The second-order valence-electron chi connectivity index (χ2n) is 11.8. The Morgan fingerprint density at radius 3 is 1.70 bits per heavy atom. The van der Waals surface area contributed by atoms with Crippen LogP contribution in [-0.4, -0.2) is 14.5 Å². The van der Waals surface area contributed by atoms with Crippen LogP contribution >= 0.6 is 0 Å². The van der Waals surface area contributed by atoms with Gasteiger partial charge in [0.2, 0.25) is 0 Å². The van der Waals surface area contributed by atoms with E-state index >= 15 is 0 Å². The monoisotopic (exact) mass is 587 g/mol. The third kappa shape index (κ3) is 3.85. The highest BCUT2D eigenvalue weighted by atomic mass is 15.1. The molecule has 0 bridgehead atoms. The molecule has 8 aromatic rings. The van der Waals surface area contributed by atoms with Crippen LogP contribution in [0, 0.1) is 0 Å². The molecule has 2 heterocycles. The molecule has 216 valence electrons. The van der Waals surface area contributed by atoms with Gasteiger partial charge in [0.1, 0.15) is 5.82 Å². The van der Waals surface area contributed by atoms with Gasteiger partial charge >= 0.3 is 0 Å². The molecule has 0 aliphatic heterocycles. The number of para-hydroxylation sites is 1. The summed E-state index contributed by atoms with van der Waals surface area (Å²) in [4.78, 5) is 10.5. The Morgan fingerprint density at radius 2 is 1.02 bits per heavy atom. The van der Waals surface area contributed by atoms with Gasteiger partial charge in [-0.05, 0) is 28.3 Å². The highest BCUT2D eigenvalue weighted by molar-refractivity contribution is 6.05. The Hall–Kier alpha value is -6.06. The van der Waals surface area contributed by atoms with E-state index in [1.807, 2.05) is 24.3 Å². The Labute approximate surface area is 268 Å². The lowest BCUT2D eigenvalue weighted by molar-refractivity contribution is 0.713. The molecule has 0 saturated heterocycles. The minimum Gasteiger partial charge on any atom is -0.296 e. The quantitative estimate of drug-likeness (QED) is 0.201. The van der Waals surface area contributed by atoms with Crippen LogP contribution in [0.5, 0.6) is 0 Å². The summed E-state index contributed by atoms with van der Waals surface area (Å²) in [6.45, 7) is 0. The van der Waals surface area contributed by atoms with Crippen LogP contribution in [0.4, 0.5) is 0 Å². The molecular formula is C43H29N3. The molecule has 0 spiro atoms. The van der Waals surface area contributed by atoms with Crippen LogP contribution in [0.1, 0.15) is 22.4 Å². The van der Waals surface area contributed by atoms with Crippen LogP contribution in [0.25, 0.3) is 50.5 Å². The van der Waals surface area contributed by atoms with E-state index in [0.29, 0.717) is 5.82 Å². The summed E-state index contributed by atoms with van der Waals surface area (Å²) < 4.78 is 2.41. The summed E-state index contributed by atoms with van der Waals surface area (Å²) in [6.07, 6.45) is 0. The van der Waals surface area contributed by atoms with E-state index in [2.05, 4.69) is 156 Å². The van der Waals surface area contributed by atoms with Crippen molar-refractivity contribution in [3.05, 3.63) is 198 Å². The molecule has 0 unspecified atom stereocenters. The number of hydrogen-bond acceptors (Lipinski definition) is 2. The van der Waals surface area contributed by atoms with Crippen LogP contribution in [0.3, 0.4) is 0 Å². The number of rotatable bonds is 5. The first kappa shape index (κ1) is 26.4. The smallest absolute Gasteiger partial charge is 0.162 e. The molecule has 0 atom stereocenters. The van der Waals surface area contributed by atoms with Gasteiger partial charge in [0.05, 0.1) is 22.3 Å². The van der Waals surface area contributed by atoms with Crippen LogP contribution in [0.15, 0.2) is 176 Å². The normalized spacial score (nSPS) is 13.0. The molecule has 46 heavy (non-hydrogen) atoms. The van der Waals surface area contributed by atoms with Gasteiger partial charge < -0.3 is 0 Å². The molecule has 0 N–H and O–H groups in total. The molecule has 0 fully saturated rings. The van der Waals surface area contributed by atoms with Crippen LogP contribution in [-0.2, 0) is 5.41 Å². The Kier molecular flexibility index (Phi) is 6.04. The van der Waals surface area contributed by atoms with Gasteiger partial charge in [-0.15, -0.1) is 0 Å². The summed E-state index contributed by atoms with van der Waals surface area (Å²) in [5.74, 6) is 1.54. The Balaban J connectivity index is 1.47. The maximum atomic E-state index is 5.37. The first-order valence-electron chi connectivity index (χ1n) is 15.7. The molecule has 0 saturated carbocycles. The van der Waals surface area contributed by atoms with E-state index in [-0.39, 0.29) is 0 Å². The van der Waals surface area contributed by atoms with Crippen LogP contribution < -0.4 is 0 Å². The molecule has 2 aromatic heterocycles. The van der Waals surface area contributed by atoms with E-state index in [1.165, 1.54) is 38.9 Å². The fourth-order valence-electron chi connectivity index (χ4n) is 7.41. The highest BCUT2D eigenvalue weighted by Crippen LogP contribution is 2.59. The third-order valence-corrected chi connectivity index (χ3v) is 9.29. The van der Waals surface area contributed by atoms with Gasteiger partial charge in [0, 0.05) is 28.1 Å². The molecule has 1 aliphatic rings. The predicted octanol–water partition coefficient (Wildman–Crippen LogP) is 10.1. The third-order valence-electron chi connectivity index (χ3n) is 9.29. The molecule has 3 nitrogen and oxygen atoms in total. The number of fused-ring (bicyclic) bond motifs is 5. The van der Waals surface area contributed by atoms with Gasteiger partial charge in [0.15, 0.2) is 5.82 Å². The lowest BCUT2D eigenvalue weighted by atomic mass is 9.69. The van der Waals surface area contributed by atoms with E-state index in [4.69, 9.17) is 9.97 Å². The molecule has 0 amide bonds. The van der Waals surface area contributed by atoms with E-state index in [0.717, 1.165) is 28.2 Å². The fourth-order valence-corrected chi connectivity index (χ4v) is 7.41. The van der Waals surface area contributed by atoms with Crippen molar-refractivity contribution in [3.8, 4) is 39.6 Å². The zero-order chi connectivity index (χ0) is 30.5. The van der Waals surface area contributed by atoms with Gasteiger partial charge in [-0.3, -0.25) is 4.57 Å². The van der Waals surface area contributed by atoms with Gasteiger partial charge in [0.25, 0.3) is 0 Å². The van der Waals surface area contributed by atoms with E-state index in [1.54, 1.807) is 0 Å². The lowest BCUT2D eigenvalue weighted by Crippen LogP contribution is -2.31. The van der Waals surface area contributed by atoms with Crippen molar-refractivity contribution in [3.63, 3.8) is 0 Å². The Bertz CT molecular complexity index is 2240. The van der Waals surface area contributed by atoms with Crippen molar-refractivity contribution in [1.29, 1.82) is 0 Å².